The van der Waals surface area contributed by atoms with Crippen LogP contribution in [-0.2, 0) is 6.42 Å². The number of ether oxygens (including phenoxy) is 1. The fourth-order valence-electron chi connectivity index (χ4n) is 2.75. The fourth-order valence-corrected chi connectivity index (χ4v) is 2.75. The van der Waals surface area contributed by atoms with Crippen LogP contribution in [0.1, 0.15) is 44.6 Å². The van der Waals surface area contributed by atoms with Crippen LogP contribution in [0.3, 0.4) is 0 Å². The summed E-state index contributed by atoms with van der Waals surface area (Å²) in [6, 6.07) is 9.82. The number of hydrogen-bond acceptors (Lipinski definition) is 2. The molecule has 18 heavy (non-hydrogen) atoms. The molecule has 1 aromatic rings. The maximum atomic E-state index is 5.17. The third-order valence-electron chi connectivity index (χ3n) is 3.90. The van der Waals surface area contributed by atoms with Gasteiger partial charge in [-0.15, -0.1) is 0 Å². The molecule has 0 spiro atoms. The maximum absolute atomic E-state index is 5.17. The van der Waals surface area contributed by atoms with Crippen molar-refractivity contribution in [3.63, 3.8) is 0 Å². The number of hydrogen-bond donors (Lipinski definition) is 1. The Hall–Kier alpha value is -1.02. The van der Waals surface area contributed by atoms with Crippen LogP contribution in [0.4, 0.5) is 0 Å². The third-order valence-corrected chi connectivity index (χ3v) is 3.90. The summed E-state index contributed by atoms with van der Waals surface area (Å²) in [6.45, 7) is 2.31. The summed E-state index contributed by atoms with van der Waals surface area (Å²) < 4.78 is 5.17. The molecule has 1 atom stereocenters. The molecule has 1 aliphatic carbocycles. The van der Waals surface area contributed by atoms with E-state index in [0.717, 1.165) is 18.2 Å². The largest absolute Gasteiger partial charge is 0.497 e. The molecule has 0 bridgehead atoms. The monoisotopic (exact) mass is 247 g/mol. The molecule has 2 nitrogen and oxygen atoms in total. The van der Waals surface area contributed by atoms with Crippen LogP contribution in [0.15, 0.2) is 24.3 Å². The Morgan fingerprint density at radius 1 is 1.22 bits per heavy atom. The second-order valence-electron chi connectivity index (χ2n) is 5.44. The fraction of sp³-hybridized carbons (Fsp3) is 0.625. The predicted octanol–water partition coefficient (Wildman–Crippen LogP) is 3.55. The smallest absolute Gasteiger partial charge is 0.118 e. The van der Waals surface area contributed by atoms with Crippen molar-refractivity contribution in [1.29, 1.82) is 0 Å². The van der Waals surface area contributed by atoms with Gasteiger partial charge in [-0.3, -0.25) is 0 Å². The summed E-state index contributed by atoms with van der Waals surface area (Å²) in [4.78, 5) is 0. The number of methoxy groups -OCH3 is 1. The summed E-state index contributed by atoms with van der Waals surface area (Å²) in [7, 11) is 1.71. The van der Waals surface area contributed by atoms with Gasteiger partial charge in [0.1, 0.15) is 5.75 Å². The Morgan fingerprint density at radius 2 is 1.89 bits per heavy atom. The van der Waals surface area contributed by atoms with Gasteiger partial charge in [-0.1, -0.05) is 25.0 Å². The van der Waals surface area contributed by atoms with Crippen LogP contribution in [0.2, 0.25) is 0 Å². The first-order valence-electron chi connectivity index (χ1n) is 7.17. The van der Waals surface area contributed by atoms with Crippen molar-refractivity contribution in [1.82, 2.24) is 5.32 Å². The van der Waals surface area contributed by atoms with Crippen LogP contribution in [-0.4, -0.2) is 19.2 Å². The first-order chi connectivity index (χ1) is 8.78. The van der Waals surface area contributed by atoms with Crippen LogP contribution in [0.25, 0.3) is 0 Å². The van der Waals surface area contributed by atoms with E-state index < -0.39 is 0 Å². The van der Waals surface area contributed by atoms with Crippen molar-refractivity contribution < 1.29 is 4.74 Å². The van der Waals surface area contributed by atoms with Crippen molar-refractivity contribution >= 4 is 0 Å². The molecule has 0 aliphatic heterocycles. The minimum Gasteiger partial charge on any atom is -0.497 e. The molecule has 100 valence electrons. The standard InChI is InChI=1S/C16H25NO/c1-13(17-15-5-3-4-6-15)7-8-14-9-11-16(18-2)12-10-14/h9-13,15,17H,3-8H2,1-2H3/t13-/m1/s1. The SMILES string of the molecule is COc1ccc(CC[C@@H](C)NC2CCCC2)cc1. The normalized spacial score (nSPS) is 17.9. The average Bonchev–Trinajstić information content (AvgIpc) is 2.90. The molecule has 0 unspecified atom stereocenters. The summed E-state index contributed by atoms with van der Waals surface area (Å²) in [5.41, 5.74) is 1.40. The van der Waals surface area contributed by atoms with Gasteiger partial charge in [-0.25, -0.2) is 0 Å². The van der Waals surface area contributed by atoms with Crippen molar-refractivity contribution in [3.05, 3.63) is 29.8 Å². The third kappa shape index (κ3) is 4.02. The van der Waals surface area contributed by atoms with E-state index in [9.17, 15) is 0 Å². The van der Waals surface area contributed by atoms with Gasteiger partial charge in [0.05, 0.1) is 7.11 Å². The number of aryl methyl sites for hydroxylation is 1. The van der Waals surface area contributed by atoms with Crippen molar-refractivity contribution in [2.24, 2.45) is 0 Å². The molecular formula is C16H25NO. The zero-order valence-electron chi connectivity index (χ0n) is 11.6. The van der Waals surface area contributed by atoms with E-state index in [-0.39, 0.29) is 0 Å². The summed E-state index contributed by atoms with van der Waals surface area (Å²) >= 11 is 0. The van der Waals surface area contributed by atoms with Gasteiger partial charge in [0.2, 0.25) is 0 Å². The molecule has 0 heterocycles. The lowest BCUT2D eigenvalue weighted by molar-refractivity contribution is 0.414. The van der Waals surface area contributed by atoms with Crippen LogP contribution in [0.5, 0.6) is 5.75 Å². The Labute approximate surface area is 111 Å². The van der Waals surface area contributed by atoms with E-state index in [2.05, 4.69) is 24.4 Å². The molecule has 1 fully saturated rings. The van der Waals surface area contributed by atoms with Crippen molar-refractivity contribution in [3.8, 4) is 5.75 Å². The van der Waals surface area contributed by atoms with Crippen molar-refractivity contribution in [2.45, 2.75) is 57.5 Å². The molecule has 2 heteroatoms. The van der Waals surface area contributed by atoms with E-state index in [0.29, 0.717) is 6.04 Å². The lowest BCUT2D eigenvalue weighted by Gasteiger charge is -2.19. The number of benzene rings is 1. The van der Waals surface area contributed by atoms with E-state index in [4.69, 9.17) is 4.74 Å². The Kier molecular flexibility index (Phi) is 5.06. The van der Waals surface area contributed by atoms with Crippen LogP contribution >= 0.6 is 0 Å². The quantitative estimate of drug-likeness (QED) is 0.830. The first-order valence-corrected chi connectivity index (χ1v) is 7.17. The Morgan fingerprint density at radius 3 is 2.50 bits per heavy atom. The van der Waals surface area contributed by atoms with E-state index in [1.54, 1.807) is 7.11 Å². The van der Waals surface area contributed by atoms with Gasteiger partial charge in [-0.2, -0.15) is 0 Å². The molecular weight excluding hydrogens is 222 g/mol. The Balaban J connectivity index is 1.72. The second-order valence-corrected chi connectivity index (χ2v) is 5.44. The van der Waals surface area contributed by atoms with Gasteiger partial charge in [0.25, 0.3) is 0 Å². The molecule has 1 aliphatic rings. The van der Waals surface area contributed by atoms with Gasteiger partial charge in [0.15, 0.2) is 0 Å². The van der Waals surface area contributed by atoms with E-state index >= 15 is 0 Å². The molecule has 0 amide bonds. The predicted molar refractivity (Wildman–Crippen MR) is 76.2 cm³/mol. The van der Waals surface area contributed by atoms with E-state index in [1.165, 1.54) is 37.7 Å². The van der Waals surface area contributed by atoms with Crippen LogP contribution in [0, 0.1) is 0 Å². The minimum atomic E-state index is 0.621. The summed E-state index contributed by atoms with van der Waals surface area (Å²) in [5, 5.41) is 3.75. The summed E-state index contributed by atoms with van der Waals surface area (Å²) in [5.74, 6) is 0.941. The molecule has 0 aromatic heterocycles. The van der Waals surface area contributed by atoms with E-state index in [1.807, 2.05) is 12.1 Å². The number of rotatable bonds is 6. The zero-order chi connectivity index (χ0) is 12.8. The highest BCUT2D eigenvalue weighted by Gasteiger charge is 2.16. The van der Waals surface area contributed by atoms with Gasteiger partial charge < -0.3 is 10.1 Å². The highest BCUT2D eigenvalue weighted by Crippen LogP contribution is 2.19. The maximum Gasteiger partial charge on any atom is 0.118 e. The molecule has 1 N–H and O–H groups in total. The minimum absolute atomic E-state index is 0.621. The molecule has 0 saturated heterocycles. The Bertz CT molecular complexity index is 341. The van der Waals surface area contributed by atoms with Gasteiger partial charge >= 0.3 is 0 Å². The first kappa shape index (κ1) is 13.4. The van der Waals surface area contributed by atoms with Crippen LogP contribution < -0.4 is 10.1 Å². The highest BCUT2D eigenvalue weighted by atomic mass is 16.5. The molecule has 1 saturated carbocycles. The highest BCUT2D eigenvalue weighted by molar-refractivity contribution is 5.27. The second kappa shape index (κ2) is 6.79. The zero-order valence-corrected chi connectivity index (χ0v) is 11.6. The van der Waals surface area contributed by atoms with Gasteiger partial charge in [-0.05, 0) is 50.3 Å². The average molecular weight is 247 g/mol. The lowest BCUT2D eigenvalue weighted by Crippen LogP contribution is -2.34. The topological polar surface area (TPSA) is 21.3 Å². The van der Waals surface area contributed by atoms with Crippen molar-refractivity contribution in [2.75, 3.05) is 7.11 Å². The number of nitrogens with one attached hydrogen (secondary N) is 1. The van der Waals surface area contributed by atoms with Gasteiger partial charge in [0, 0.05) is 12.1 Å². The molecule has 0 radical (unpaired) electrons. The lowest BCUT2D eigenvalue weighted by atomic mass is 10.1. The molecule has 1 aromatic carbocycles. The molecule has 2 rings (SSSR count). The summed E-state index contributed by atoms with van der Waals surface area (Å²) in [6.07, 6.45) is 7.90.